The van der Waals surface area contributed by atoms with Gasteiger partial charge in [0.15, 0.2) is 5.92 Å². The van der Waals surface area contributed by atoms with E-state index in [1.54, 1.807) is 0 Å². The number of hydrogen-bond donors (Lipinski definition) is 1. The topological polar surface area (TPSA) is 47.3 Å². The predicted molar refractivity (Wildman–Crippen MR) is 49.0 cm³/mol. The highest BCUT2D eigenvalue weighted by molar-refractivity contribution is 4.90. The molecular formula is C9H15F3N2O. The van der Waals surface area contributed by atoms with Crippen LogP contribution in [0.3, 0.4) is 0 Å². The van der Waals surface area contributed by atoms with Crippen LogP contribution in [0.1, 0.15) is 13.8 Å². The number of aliphatic hydroxyl groups is 1. The summed E-state index contributed by atoms with van der Waals surface area (Å²) in [6, 6.07) is 1.21. The summed E-state index contributed by atoms with van der Waals surface area (Å²) in [4.78, 5) is 1.29. The second-order valence-corrected chi connectivity index (χ2v) is 4.23. The molecule has 15 heavy (non-hydrogen) atoms. The first kappa shape index (κ1) is 14.2. The first-order chi connectivity index (χ1) is 6.56. The van der Waals surface area contributed by atoms with E-state index in [1.165, 1.54) is 31.9 Å². The van der Waals surface area contributed by atoms with Crippen molar-refractivity contribution in [1.82, 2.24) is 4.90 Å². The Morgan fingerprint density at radius 1 is 1.40 bits per heavy atom. The van der Waals surface area contributed by atoms with E-state index < -0.39 is 24.2 Å². The molecule has 0 rings (SSSR count). The fourth-order valence-electron chi connectivity index (χ4n) is 1.25. The van der Waals surface area contributed by atoms with Crippen molar-refractivity contribution in [3.05, 3.63) is 0 Å². The van der Waals surface area contributed by atoms with E-state index in [-0.39, 0.29) is 6.54 Å². The fraction of sp³-hybridized carbons (Fsp3) is 0.889. The molecule has 0 bridgehead atoms. The average Bonchev–Trinajstić information content (AvgIpc) is 1.94. The minimum atomic E-state index is -4.51. The Morgan fingerprint density at radius 3 is 2.13 bits per heavy atom. The van der Waals surface area contributed by atoms with Crippen LogP contribution in [-0.2, 0) is 0 Å². The Kier molecular flexibility index (Phi) is 4.56. The largest absolute Gasteiger partial charge is 0.405 e. The summed E-state index contributed by atoms with van der Waals surface area (Å²) in [6.45, 7) is 2.65. The van der Waals surface area contributed by atoms with E-state index in [0.717, 1.165) is 0 Å². The molecule has 0 saturated heterocycles. The Balaban J connectivity index is 4.28. The van der Waals surface area contributed by atoms with Crippen LogP contribution in [0.25, 0.3) is 0 Å². The van der Waals surface area contributed by atoms with E-state index in [0.29, 0.717) is 0 Å². The molecule has 0 aliphatic heterocycles. The highest BCUT2D eigenvalue weighted by Crippen LogP contribution is 2.26. The van der Waals surface area contributed by atoms with Gasteiger partial charge in [0.05, 0.1) is 11.7 Å². The first-order valence-electron chi connectivity index (χ1n) is 4.43. The third-order valence-corrected chi connectivity index (χ3v) is 1.70. The quantitative estimate of drug-likeness (QED) is 0.785. The van der Waals surface area contributed by atoms with Crippen LogP contribution in [0.5, 0.6) is 0 Å². The van der Waals surface area contributed by atoms with Gasteiger partial charge in [-0.05, 0) is 20.9 Å². The van der Waals surface area contributed by atoms with Crippen LogP contribution in [0.4, 0.5) is 13.2 Å². The van der Waals surface area contributed by atoms with Gasteiger partial charge in [-0.25, -0.2) is 0 Å². The number of likely N-dealkylation sites (N-methyl/N-ethyl adjacent to an activating group) is 1. The van der Waals surface area contributed by atoms with Crippen molar-refractivity contribution in [2.24, 2.45) is 5.92 Å². The summed E-state index contributed by atoms with van der Waals surface area (Å²) in [5.41, 5.74) is -1.07. The molecule has 0 saturated carbocycles. The maximum atomic E-state index is 12.2. The molecule has 0 radical (unpaired) electrons. The lowest BCUT2D eigenvalue weighted by atomic mass is 10.1. The molecule has 0 aliphatic rings. The van der Waals surface area contributed by atoms with E-state index >= 15 is 0 Å². The average molecular weight is 224 g/mol. The van der Waals surface area contributed by atoms with Gasteiger partial charge in [-0.15, -0.1) is 0 Å². The van der Waals surface area contributed by atoms with Crippen LogP contribution < -0.4 is 0 Å². The molecule has 0 aromatic rings. The van der Waals surface area contributed by atoms with E-state index in [1.807, 2.05) is 0 Å². The minimum Gasteiger partial charge on any atom is -0.389 e. The zero-order chi connectivity index (χ0) is 12.3. The standard InChI is InChI=1S/C9H15F3N2O/c1-8(2,15)6-14(3)5-7(4-13)9(10,11)12/h7,15H,5-6H2,1-3H3. The molecule has 0 aromatic carbocycles. The molecule has 0 fully saturated rings. The second-order valence-electron chi connectivity index (χ2n) is 4.23. The molecule has 1 atom stereocenters. The smallest absolute Gasteiger partial charge is 0.389 e. The van der Waals surface area contributed by atoms with Gasteiger partial charge in [0.25, 0.3) is 0 Å². The van der Waals surface area contributed by atoms with Crippen LogP contribution in [0.2, 0.25) is 0 Å². The number of nitriles is 1. The van der Waals surface area contributed by atoms with Crippen LogP contribution in [-0.4, -0.2) is 41.9 Å². The third-order valence-electron chi connectivity index (χ3n) is 1.70. The molecule has 1 unspecified atom stereocenters. The van der Waals surface area contributed by atoms with Gasteiger partial charge in [0.2, 0.25) is 0 Å². The highest BCUT2D eigenvalue weighted by atomic mass is 19.4. The first-order valence-corrected chi connectivity index (χ1v) is 4.43. The molecule has 1 N–H and O–H groups in total. The van der Waals surface area contributed by atoms with Crippen molar-refractivity contribution in [3.63, 3.8) is 0 Å². The van der Waals surface area contributed by atoms with Gasteiger partial charge in [-0.3, -0.25) is 0 Å². The van der Waals surface area contributed by atoms with Gasteiger partial charge in [0.1, 0.15) is 0 Å². The lowest BCUT2D eigenvalue weighted by Gasteiger charge is -2.27. The summed E-state index contributed by atoms with van der Waals surface area (Å²) in [7, 11) is 1.44. The van der Waals surface area contributed by atoms with Crippen molar-refractivity contribution in [1.29, 1.82) is 5.26 Å². The zero-order valence-corrected chi connectivity index (χ0v) is 8.97. The molecule has 0 heterocycles. The van der Waals surface area contributed by atoms with Crippen LogP contribution in [0.15, 0.2) is 0 Å². The van der Waals surface area contributed by atoms with Crippen molar-refractivity contribution in [3.8, 4) is 6.07 Å². The zero-order valence-electron chi connectivity index (χ0n) is 8.97. The van der Waals surface area contributed by atoms with Gasteiger partial charge in [-0.2, -0.15) is 18.4 Å². The van der Waals surface area contributed by atoms with Gasteiger partial charge in [0, 0.05) is 13.1 Å². The molecular weight excluding hydrogens is 209 g/mol. The number of alkyl halides is 3. The SMILES string of the molecule is CN(CC(C#N)C(F)(F)F)CC(C)(C)O. The molecule has 0 amide bonds. The lowest BCUT2D eigenvalue weighted by Crippen LogP contribution is -2.41. The number of hydrogen-bond acceptors (Lipinski definition) is 3. The maximum Gasteiger partial charge on any atom is 0.405 e. The molecule has 6 heteroatoms. The Bertz CT molecular complexity index is 239. The van der Waals surface area contributed by atoms with Crippen LogP contribution >= 0.6 is 0 Å². The lowest BCUT2D eigenvalue weighted by molar-refractivity contribution is -0.163. The predicted octanol–water partition coefficient (Wildman–Crippen LogP) is 1.39. The van der Waals surface area contributed by atoms with E-state index in [4.69, 9.17) is 5.26 Å². The van der Waals surface area contributed by atoms with Crippen molar-refractivity contribution >= 4 is 0 Å². The molecule has 88 valence electrons. The third kappa shape index (κ3) is 6.31. The van der Waals surface area contributed by atoms with Crippen molar-refractivity contribution in [2.45, 2.75) is 25.6 Å². The summed E-state index contributed by atoms with van der Waals surface area (Å²) in [5.74, 6) is -2.01. The summed E-state index contributed by atoms with van der Waals surface area (Å²) < 4.78 is 36.6. The Hall–Kier alpha value is -0.800. The minimum absolute atomic E-state index is 0.0846. The molecule has 3 nitrogen and oxygen atoms in total. The summed E-state index contributed by atoms with van der Waals surface area (Å²) in [5, 5.41) is 17.7. The maximum absolute atomic E-state index is 12.2. The monoisotopic (exact) mass is 224 g/mol. The van der Waals surface area contributed by atoms with E-state index in [2.05, 4.69) is 0 Å². The molecule has 0 spiro atoms. The fourth-order valence-corrected chi connectivity index (χ4v) is 1.25. The number of nitrogens with zero attached hydrogens (tertiary/aromatic N) is 2. The van der Waals surface area contributed by atoms with Gasteiger partial charge < -0.3 is 10.0 Å². The van der Waals surface area contributed by atoms with Gasteiger partial charge >= 0.3 is 6.18 Å². The Labute approximate surface area is 87.1 Å². The van der Waals surface area contributed by atoms with E-state index in [9.17, 15) is 18.3 Å². The highest BCUT2D eigenvalue weighted by Gasteiger charge is 2.40. The Morgan fingerprint density at radius 2 is 1.87 bits per heavy atom. The molecule has 0 aliphatic carbocycles. The second kappa shape index (κ2) is 4.81. The number of halogens is 3. The van der Waals surface area contributed by atoms with Crippen LogP contribution in [0, 0.1) is 17.2 Å². The molecule has 0 aromatic heterocycles. The van der Waals surface area contributed by atoms with Crippen molar-refractivity contribution in [2.75, 3.05) is 20.1 Å². The summed E-state index contributed by atoms with van der Waals surface area (Å²) >= 11 is 0. The van der Waals surface area contributed by atoms with Gasteiger partial charge in [-0.1, -0.05) is 0 Å². The number of rotatable bonds is 4. The van der Waals surface area contributed by atoms with Crippen molar-refractivity contribution < 1.29 is 18.3 Å². The summed E-state index contributed by atoms with van der Waals surface area (Å²) in [6.07, 6.45) is -4.51. The normalized spacial score (nSPS) is 15.1.